The Balaban J connectivity index is 3.18. The van der Waals surface area contributed by atoms with Gasteiger partial charge in [0.2, 0.25) is 0 Å². The Kier molecular flexibility index (Phi) is 4.89. The standard InChI is InChI=1S/C11H16BrNO3/c1-13-5-4-7-8(14)6-9(15-2)11(16-3)10(7)12/h6,13-14H,4-5H2,1-3H3. The number of halogens is 1. The van der Waals surface area contributed by atoms with E-state index in [-0.39, 0.29) is 5.75 Å². The molecule has 90 valence electrons. The van der Waals surface area contributed by atoms with Gasteiger partial charge in [0.25, 0.3) is 0 Å². The molecule has 4 nitrogen and oxygen atoms in total. The van der Waals surface area contributed by atoms with Crippen molar-refractivity contribution in [3.63, 3.8) is 0 Å². The van der Waals surface area contributed by atoms with E-state index in [1.165, 1.54) is 7.11 Å². The van der Waals surface area contributed by atoms with Crippen LogP contribution in [0.3, 0.4) is 0 Å². The minimum absolute atomic E-state index is 0.208. The second kappa shape index (κ2) is 5.96. The average Bonchev–Trinajstić information content (AvgIpc) is 2.28. The Morgan fingerprint density at radius 1 is 1.38 bits per heavy atom. The minimum atomic E-state index is 0.208. The number of hydrogen-bond donors (Lipinski definition) is 2. The first-order valence-corrected chi connectivity index (χ1v) is 5.71. The molecule has 16 heavy (non-hydrogen) atoms. The summed E-state index contributed by atoms with van der Waals surface area (Å²) in [6.45, 7) is 0.779. The van der Waals surface area contributed by atoms with Gasteiger partial charge in [-0.15, -0.1) is 0 Å². The highest BCUT2D eigenvalue weighted by atomic mass is 79.9. The first-order valence-electron chi connectivity index (χ1n) is 4.92. The van der Waals surface area contributed by atoms with Crippen LogP contribution in [0, 0.1) is 0 Å². The molecule has 0 aromatic heterocycles. The number of ether oxygens (including phenoxy) is 2. The summed E-state index contributed by atoms with van der Waals surface area (Å²) >= 11 is 3.42. The maximum Gasteiger partial charge on any atom is 0.175 e. The summed E-state index contributed by atoms with van der Waals surface area (Å²) in [5.74, 6) is 1.33. The van der Waals surface area contributed by atoms with Crippen molar-refractivity contribution in [3.8, 4) is 17.2 Å². The van der Waals surface area contributed by atoms with Gasteiger partial charge in [0.1, 0.15) is 5.75 Å². The SMILES string of the molecule is CNCCc1c(O)cc(OC)c(OC)c1Br. The first-order chi connectivity index (χ1) is 7.65. The summed E-state index contributed by atoms with van der Waals surface area (Å²) in [6, 6.07) is 1.56. The lowest BCUT2D eigenvalue weighted by Crippen LogP contribution is -2.11. The Labute approximate surface area is 104 Å². The van der Waals surface area contributed by atoms with Gasteiger partial charge in [-0.2, -0.15) is 0 Å². The van der Waals surface area contributed by atoms with Crippen molar-refractivity contribution in [2.45, 2.75) is 6.42 Å². The van der Waals surface area contributed by atoms with Crippen molar-refractivity contribution in [2.24, 2.45) is 0 Å². The van der Waals surface area contributed by atoms with Gasteiger partial charge in [-0.25, -0.2) is 0 Å². The third kappa shape index (κ3) is 2.59. The van der Waals surface area contributed by atoms with Crippen molar-refractivity contribution in [1.29, 1.82) is 0 Å². The Morgan fingerprint density at radius 2 is 2.06 bits per heavy atom. The Hall–Kier alpha value is -0.940. The van der Waals surface area contributed by atoms with E-state index in [2.05, 4.69) is 21.2 Å². The first kappa shape index (κ1) is 13.1. The van der Waals surface area contributed by atoms with E-state index in [9.17, 15) is 5.11 Å². The van der Waals surface area contributed by atoms with Crippen molar-refractivity contribution in [2.75, 3.05) is 27.8 Å². The van der Waals surface area contributed by atoms with Gasteiger partial charge in [0.05, 0.1) is 18.7 Å². The third-order valence-corrected chi connectivity index (χ3v) is 3.15. The second-order valence-electron chi connectivity index (χ2n) is 3.28. The monoisotopic (exact) mass is 289 g/mol. The lowest BCUT2D eigenvalue weighted by molar-refractivity contribution is 0.348. The highest BCUT2D eigenvalue weighted by Crippen LogP contribution is 2.42. The molecule has 0 radical (unpaired) electrons. The van der Waals surface area contributed by atoms with E-state index in [4.69, 9.17) is 9.47 Å². The molecule has 1 aromatic carbocycles. The van der Waals surface area contributed by atoms with Gasteiger partial charge in [0, 0.05) is 11.6 Å². The highest BCUT2D eigenvalue weighted by Gasteiger charge is 2.16. The van der Waals surface area contributed by atoms with Crippen molar-refractivity contribution >= 4 is 15.9 Å². The molecule has 0 amide bonds. The van der Waals surface area contributed by atoms with E-state index >= 15 is 0 Å². The predicted molar refractivity (Wildman–Crippen MR) is 66.5 cm³/mol. The fraction of sp³-hybridized carbons (Fsp3) is 0.455. The molecule has 0 bridgehead atoms. The fourth-order valence-electron chi connectivity index (χ4n) is 1.46. The molecule has 0 saturated carbocycles. The van der Waals surface area contributed by atoms with Crippen LogP contribution >= 0.6 is 15.9 Å². The van der Waals surface area contributed by atoms with Gasteiger partial charge in [-0.05, 0) is 35.9 Å². The van der Waals surface area contributed by atoms with Gasteiger partial charge in [0.15, 0.2) is 11.5 Å². The molecule has 5 heteroatoms. The number of phenolic OH excluding ortho intramolecular Hbond substituents is 1. The minimum Gasteiger partial charge on any atom is -0.507 e. The zero-order chi connectivity index (χ0) is 12.1. The molecule has 0 aliphatic heterocycles. The Morgan fingerprint density at radius 3 is 2.56 bits per heavy atom. The number of methoxy groups -OCH3 is 2. The van der Waals surface area contributed by atoms with E-state index in [0.29, 0.717) is 17.9 Å². The number of phenols is 1. The van der Waals surface area contributed by atoms with Gasteiger partial charge in [-0.1, -0.05) is 0 Å². The molecule has 0 aliphatic carbocycles. The lowest BCUT2D eigenvalue weighted by atomic mass is 10.1. The normalized spacial score (nSPS) is 10.2. The summed E-state index contributed by atoms with van der Waals surface area (Å²) in [5.41, 5.74) is 0.812. The lowest BCUT2D eigenvalue weighted by Gasteiger charge is -2.14. The maximum atomic E-state index is 9.86. The molecule has 0 heterocycles. The van der Waals surface area contributed by atoms with Crippen molar-refractivity contribution in [3.05, 3.63) is 16.1 Å². The van der Waals surface area contributed by atoms with Crippen LogP contribution < -0.4 is 14.8 Å². The zero-order valence-electron chi connectivity index (χ0n) is 9.63. The summed E-state index contributed by atoms with van der Waals surface area (Å²) in [4.78, 5) is 0. The van der Waals surface area contributed by atoms with Crippen molar-refractivity contribution in [1.82, 2.24) is 5.32 Å². The molecule has 0 aliphatic rings. The van der Waals surface area contributed by atoms with Gasteiger partial charge in [-0.3, -0.25) is 0 Å². The summed E-state index contributed by atoms with van der Waals surface area (Å²) in [6.07, 6.45) is 0.712. The van der Waals surface area contributed by atoms with Crippen LogP contribution in [-0.2, 0) is 6.42 Å². The van der Waals surface area contributed by atoms with Crippen molar-refractivity contribution < 1.29 is 14.6 Å². The number of nitrogens with one attached hydrogen (secondary N) is 1. The molecule has 0 unspecified atom stereocenters. The molecular weight excluding hydrogens is 274 g/mol. The quantitative estimate of drug-likeness (QED) is 0.870. The van der Waals surface area contributed by atoms with Crippen LogP contribution in [-0.4, -0.2) is 32.9 Å². The van der Waals surface area contributed by atoms with E-state index < -0.39 is 0 Å². The summed E-state index contributed by atoms with van der Waals surface area (Å²) < 4.78 is 11.1. The summed E-state index contributed by atoms with van der Waals surface area (Å²) in [5, 5.41) is 12.9. The van der Waals surface area contributed by atoms with E-state index in [1.807, 2.05) is 7.05 Å². The number of rotatable bonds is 5. The fourth-order valence-corrected chi connectivity index (χ4v) is 2.22. The second-order valence-corrected chi connectivity index (χ2v) is 4.07. The molecule has 0 spiro atoms. The van der Waals surface area contributed by atoms with E-state index in [0.717, 1.165) is 16.6 Å². The van der Waals surface area contributed by atoms with Gasteiger partial charge >= 0.3 is 0 Å². The molecule has 2 N–H and O–H groups in total. The van der Waals surface area contributed by atoms with Gasteiger partial charge < -0.3 is 19.9 Å². The molecule has 0 saturated heterocycles. The van der Waals surface area contributed by atoms with Crippen LogP contribution in [0.2, 0.25) is 0 Å². The number of likely N-dealkylation sites (N-methyl/N-ethyl adjacent to an activating group) is 1. The zero-order valence-corrected chi connectivity index (χ0v) is 11.2. The van der Waals surface area contributed by atoms with Crippen LogP contribution in [0.1, 0.15) is 5.56 Å². The average molecular weight is 290 g/mol. The van der Waals surface area contributed by atoms with Crippen LogP contribution in [0.15, 0.2) is 10.5 Å². The van der Waals surface area contributed by atoms with Crippen LogP contribution in [0.25, 0.3) is 0 Å². The van der Waals surface area contributed by atoms with Crippen LogP contribution in [0.4, 0.5) is 0 Å². The molecule has 1 rings (SSSR count). The van der Waals surface area contributed by atoms with Crippen LogP contribution in [0.5, 0.6) is 17.2 Å². The molecule has 0 atom stereocenters. The number of benzene rings is 1. The van der Waals surface area contributed by atoms with E-state index in [1.54, 1.807) is 13.2 Å². The largest absolute Gasteiger partial charge is 0.507 e. The molecule has 1 aromatic rings. The smallest absolute Gasteiger partial charge is 0.175 e. The predicted octanol–water partition coefficient (Wildman–Crippen LogP) is 1.93. The Bertz CT molecular complexity index is 369. The molecular formula is C11H16BrNO3. The number of aromatic hydroxyl groups is 1. The molecule has 0 fully saturated rings. The summed E-state index contributed by atoms with van der Waals surface area (Å²) in [7, 11) is 4.98. The third-order valence-electron chi connectivity index (χ3n) is 2.31. The maximum absolute atomic E-state index is 9.86. The highest BCUT2D eigenvalue weighted by molar-refractivity contribution is 9.10. The number of hydrogen-bond acceptors (Lipinski definition) is 4. The topological polar surface area (TPSA) is 50.7 Å².